The van der Waals surface area contributed by atoms with Crippen LogP contribution in [-0.4, -0.2) is 21.8 Å². The Morgan fingerprint density at radius 1 is 1.41 bits per heavy atom. The Labute approximate surface area is 95.5 Å². The topological polar surface area (TPSA) is 76.7 Å². The van der Waals surface area contributed by atoms with Gasteiger partial charge in [-0.25, -0.2) is 0 Å². The average molecular weight is 242 g/mol. The molecular formula is C10H10F2N3O2+. The first-order valence-corrected chi connectivity index (χ1v) is 4.72. The number of rotatable bonds is 5. The van der Waals surface area contributed by atoms with Crippen molar-refractivity contribution >= 4 is 5.97 Å². The van der Waals surface area contributed by atoms with Crippen molar-refractivity contribution in [2.24, 2.45) is 0 Å². The van der Waals surface area contributed by atoms with E-state index < -0.39 is 18.4 Å². The molecule has 0 aliphatic rings. The van der Waals surface area contributed by atoms with E-state index in [0.29, 0.717) is 5.56 Å². The molecule has 7 heteroatoms. The summed E-state index contributed by atoms with van der Waals surface area (Å²) in [6.07, 6.45) is -1.43. The fraction of sp³-hybridized carbons (Fsp3) is 0.300. The molecule has 0 heterocycles. The molecule has 17 heavy (non-hydrogen) atoms. The lowest BCUT2D eigenvalue weighted by Crippen LogP contribution is -2.33. The van der Waals surface area contributed by atoms with Gasteiger partial charge in [-0.2, -0.15) is 8.78 Å². The predicted octanol–water partition coefficient (Wildman–Crippen LogP) is 2.58. The molecule has 0 aliphatic carbocycles. The van der Waals surface area contributed by atoms with Crippen molar-refractivity contribution in [2.45, 2.75) is 19.0 Å². The number of benzene rings is 1. The van der Waals surface area contributed by atoms with Crippen molar-refractivity contribution in [3.63, 3.8) is 0 Å². The van der Waals surface area contributed by atoms with Crippen LogP contribution in [0.15, 0.2) is 30.3 Å². The van der Waals surface area contributed by atoms with Gasteiger partial charge in [-0.15, -0.1) is 0 Å². The smallest absolute Gasteiger partial charge is 0.397 e. The molecule has 0 unspecified atom stereocenters. The predicted molar refractivity (Wildman–Crippen MR) is 54.3 cm³/mol. The van der Waals surface area contributed by atoms with E-state index in [4.69, 9.17) is 10.6 Å². The highest BCUT2D eigenvalue weighted by molar-refractivity contribution is 5.67. The quantitative estimate of drug-likeness (QED) is 0.283. The third-order valence-electron chi connectivity index (χ3n) is 2.02. The van der Waals surface area contributed by atoms with Crippen LogP contribution in [-0.2, 0) is 11.3 Å². The van der Waals surface area contributed by atoms with Gasteiger partial charge in [0.1, 0.15) is 13.0 Å². The van der Waals surface area contributed by atoms with Gasteiger partial charge in [-0.05, 0) is 5.56 Å². The van der Waals surface area contributed by atoms with Gasteiger partial charge in [0.05, 0.1) is 0 Å². The largest absolute Gasteiger partial charge is 0.481 e. The van der Waals surface area contributed by atoms with Gasteiger partial charge in [0, 0.05) is 4.70 Å². The summed E-state index contributed by atoms with van der Waals surface area (Å²) in [7, 11) is 0. The second kappa shape index (κ2) is 5.27. The molecule has 0 bridgehead atoms. The second-order valence-corrected chi connectivity index (χ2v) is 3.37. The summed E-state index contributed by atoms with van der Waals surface area (Å²) in [5.41, 5.74) is 9.00. The van der Waals surface area contributed by atoms with Crippen molar-refractivity contribution < 1.29 is 23.4 Å². The molecule has 90 valence electrons. The molecule has 0 aromatic heterocycles. The lowest BCUT2D eigenvalue weighted by molar-refractivity contribution is -0.706. The van der Waals surface area contributed by atoms with Gasteiger partial charge in [-0.1, -0.05) is 30.3 Å². The van der Waals surface area contributed by atoms with E-state index >= 15 is 0 Å². The molecule has 0 aliphatic heterocycles. The summed E-state index contributed by atoms with van der Waals surface area (Å²) >= 11 is 0. The van der Waals surface area contributed by atoms with Crippen LogP contribution in [0.3, 0.4) is 0 Å². The summed E-state index contributed by atoms with van der Waals surface area (Å²) in [5.74, 6) is -1.67. The minimum atomic E-state index is -3.74. The second-order valence-electron chi connectivity index (χ2n) is 3.37. The maximum Gasteiger partial charge on any atom is 0.397 e. The Bertz CT molecular complexity index is 456. The van der Waals surface area contributed by atoms with E-state index in [2.05, 4.69) is 4.91 Å². The molecule has 0 radical (unpaired) electrons. The minimum Gasteiger partial charge on any atom is -0.481 e. The van der Waals surface area contributed by atoms with Crippen molar-refractivity contribution in [3.8, 4) is 0 Å². The molecule has 0 atom stereocenters. The highest BCUT2D eigenvalue weighted by Crippen LogP contribution is 2.22. The molecule has 1 N–H and O–H groups in total. The summed E-state index contributed by atoms with van der Waals surface area (Å²) in [6.45, 7) is -0.377. The number of hydrogen-bond acceptors (Lipinski definition) is 1. The Hall–Kier alpha value is -2.14. The number of carboxylic acids is 1. The van der Waals surface area contributed by atoms with Crippen LogP contribution in [0.2, 0.25) is 0 Å². The van der Waals surface area contributed by atoms with Crippen LogP contribution >= 0.6 is 0 Å². The van der Waals surface area contributed by atoms with Crippen LogP contribution in [0.4, 0.5) is 8.78 Å². The van der Waals surface area contributed by atoms with Gasteiger partial charge in [-0.3, -0.25) is 4.79 Å². The Morgan fingerprint density at radius 3 is 2.47 bits per heavy atom. The number of hydrogen-bond donors (Lipinski definition) is 1. The zero-order valence-electron chi connectivity index (χ0n) is 8.75. The molecule has 0 amide bonds. The van der Waals surface area contributed by atoms with Crippen LogP contribution in [0.25, 0.3) is 10.4 Å². The molecule has 1 aromatic carbocycles. The molecule has 0 fully saturated rings. The first-order valence-electron chi connectivity index (χ1n) is 4.72. The SMILES string of the molecule is [N-]=[N+]=[N+](Cc1ccccc1)C(F)(F)CC(=O)O. The van der Waals surface area contributed by atoms with Gasteiger partial charge in [0.15, 0.2) is 0 Å². The molecule has 5 nitrogen and oxygen atoms in total. The summed E-state index contributed by atoms with van der Waals surface area (Å²) < 4.78 is 26.7. The van der Waals surface area contributed by atoms with Crippen LogP contribution in [0.5, 0.6) is 0 Å². The third-order valence-corrected chi connectivity index (χ3v) is 2.02. The molecule has 0 saturated carbocycles. The number of halogens is 2. The normalized spacial score (nSPS) is 10.7. The van der Waals surface area contributed by atoms with E-state index in [1.165, 1.54) is 0 Å². The van der Waals surface area contributed by atoms with E-state index in [0.717, 1.165) is 0 Å². The van der Waals surface area contributed by atoms with Crippen molar-refractivity contribution in [3.05, 3.63) is 46.3 Å². The van der Waals surface area contributed by atoms with E-state index in [9.17, 15) is 13.6 Å². The lowest BCUT2D eigenvalue weighted by Gasteiger charge is -2.10. The van der Waals surface area contributed by atoms with Crippen molar-refractivity contribution in [1.82, 2.24) is 0 Å². The summed E-state index contributed by atoms with van der Waals surface area (Å²) in [6, 6.07) is 4.38. The first kappa shape index (κ1) is 12.9. The average Bonchev–Trinajstić information content (AvgIpc) is 2.25. The zero-order chi connectivity index (χ0) is 12.9. The maximum absolute atomic E-state index is 13.3. The van der Waals surface area contributed by atoms with Crippen LogP contribution in [0, 0.1) is 0 Å². The Kier molecular flexibility index (Phi) is 4.01. The zero-order valence-corrected chi connectivity index (χ0v) is 8.75. The van der Waals surface area contributed by atoms with Gasteiger partial charge < -0.3 is 5.11 Å². The van der Waals surface area contributed by atoms with Crippen molar-refractivity contribution in [2.75, 3.05) is 0 Å². The summed E-state index contributed by atoms with van der Waals surface area (Å²) in [4.78, 5) is 12.7. The molecule has 1 rings (SSSR count). The molecular weight excluding hydrogens is 232 g/mol. The van der Waals surface area contributed by atoms with Gasteiger partial charge in [0.25, 0.3) is 0 Å². The van der Waals surface area contributed by atoms with E-state index in [1.54, 1.807) is 30.3 Å². The van der Waals surface area contributed by atoms with Gasteiger partial charge in [0.2, 0.25) is 4.91 Å². The number of nitrogens with zero attached hydrogens (tertiary/aromatic N) is 3. The standard InChI is InChI=1S/C10H9F2N3O2/c11-10(12,6-9(16)17)15(14-13)7-8-4-2-1-3-5-8/h1-5H,6-7H2/p+1. The third kappa shape index (κ3) is 3.73. The van der Waals surface area contributed by atoms with Gasteiger partial charge >= 0.3 is 17.5 Å². The number of alkyl halides is 2. The van der Waals surface area contributed by atoms with Crippen LogP contribution in [0.1, 0.15) is 12.0 Å². The van der Waals surface area contributed by atoms with E-state index in [1.807, 2.05) is 0 Å². The highest BCUT2D eigenvalue weighted by atomic mass is 19.3. The van der Waals surface area contributed by atoms with E-state index in [-0.39, 0.29) is 11.2 Å². The fourth-order valence-electron chi connectivity index (χ4n) is 1.24. The first-order chi connectivity index (χ1) is 7.95. The molecule has 0 saturated heterocycles. The van der Waals surface area contributed by atoms with Crippen molar-refractivity contribution in [1.29, 1.82) is 0 Å². The number of carboxylic acid groups (broad SMARTS) is 1. The minimum absolute atomic E-state index is 0.0381. The highest BCUT2D eigenvalue weighted by Gasteiger charge is 2.42. The maximum atomic E-state index is 13.3. The number of carbonyl (C=O) groups is 1. The summed E-state index contributed by atoms with van der Waals surface area (Å²) in [5, 5.41) is 8.33. The molecule has 1 aromatic rings. The Balaban J connectivity index is 2.87. The monoisotopic (exact) mass is 242 g/mol. The van der Waals surface area contributed by atoms with Crippen LogP contribution < -0.4 is 0 Å². The molecule has 0 spiro atoms. The lowest BCUT2D eigenvalue weighted by atomic mass is 10.2. The number of aliphatic carboxylic acids is 1. The Morgan fingerprint density at radius 2 is 2.00 bits per heavy atom. The fourth-order valence-corrected chi connectivity index (χ4v) is 1.24.